The summed E-state index contributed by atoms with van der Waals surface area (Å²) in [6, 6.07) is 11.1. The zero-order valence-electron chi connectivity index (χ0n) is 15.5. The highest BCUT2D eigenvalue weighted by Gasteiger charge is 2.30. The Morgan fingerprint density at radius 3 is 2.48 bits per heavy atom. The van der Waals surface area contributed by atoms with E-state index >= 15 is 0 Å². The molecule has 0 spiro atoms. The Bertz CT molecular complexity index is 1030. The van der Waals surface area contributed by atoms with Crippen LogP contribution in [-0.4, -0.2) is 49.7 Å². The van der Waals surface area contributed by atoms with Crippen LogP contribution in [0.15, 0.2) is 56.9 Å². The van der Waals surface area contributed by atoms with Crippen molar-refractivity contribution in [2.24, 2.45) is 5.10 Å². The van der Waals surface area contributed by atoms with Gasteiger partial charge in [0, 0.05) is 29.7 Å². The maximum absolute atomic E-state index is 13.1. The fraction of sp³-hybridized carbons (Fsp3) is 0.278. The molecular formula is C18H19BrN4O5S. The van der Waals surface area contributed by atoms with E-state index in [4.69, 9.17) is 4.74 Å². The first kappa shape index (κ1) is 21.4. The van der Waals surface area contributed by atoms with E-state index in [0.717, 1.165) is 16.1 Å². The molecule has 1 saturated heterocycles. The second-order valence-electron chi connectivity index (χ2n) is 6.27. The van der Waals surface area contributed by atoms with E-state index in [1.54, 1.807) is 6.92 Å². The van der Waals surface area contributed by atoms with Crippen LogP contribution in [0.5, 0.6) is 0 Å². The zero-order valence-corrected chi connectivity index (χ0v) is 17.9. The summed E-state index contributed by atoms with van der Waals surface area (Å²) in [4.78, 5) is 10.4. The fourth-order valence-electron chi connectivity index (χ4n) is 2.76. The van der Waals surface area contributed by atoms with Crippen molar-refractivity contribution < 1.29 is 18.1 Å². The second kappa shape index (κ2) is 8.99. The number of ether oxygens (including phenoxy) is 1. The molecule has 0 saturated carbocycles. The molecule has 1 aliphatic heterocycles. The van der Waals surface area contributed by atoms with Crippen molar-refractivity contribution in [1.82, 2.24) is 4.31 Å². The lowest BCUT2D eigenvalue weighted by Crippen LogP contribution is -2.40. The Morgan fingerprint density at radius 1 is 1.21 bits per heavy atom. The van der Waals surface area contributed by atoms with E-state index in [-0.39, 0.29) is 42.6 Å². The highest BCUT2D eigenvalue weighted by Crippen LogP contribution is 2.29. The number of halogens is 1. The van der Waals surface area contributed by atoms with Gasteiger partial charge in [-0.2, -0.15) is 9.41 Å². The predicted molar refractivity (Wildman–Crippen MR) is 113 cm³/mol. The topological polar surface area (TPSA) is 114 Å². The third-order valence-corrected chi connectivity index (χ3v) is 6.84. The van der Waals surface area contributed by atoms with Crippen LogP contribution in [0, 0.1) is 10.1 Å². The van der Waals surface area contributed by atoms with Gasteiger partial charge in [0.15, 0.2) is 0 Å². The normalized spacial score (nSPS) is 15.9. The number of sulfonamides is 1. The van der Waals surface area contributed by atoms with E-state index < -0.39 is 14.9 Å². The molecule has 2 aromatic rings. The molecule has 0 amide bonds. The maximum atomic E-state index is 13.1. The van der Waals surface area contributed by atoms with Gasteiger partial charge >= 0.3 is 0 Å². The minimum absolute atomic E-state index is 0.165. The molecule has 1 N–H and O–H groups in total. The van der Waals surface area contributed by atoms with Crippen molar-refractivity contribution in [2.75, 3.05) is 31.7 Å². The van der Waals surface area contributed by atoms with Crippen molar-refractivity contribution in [3.63, 3.8) is 0 Å². The van der Waals surface area contributed by atoms with Crippen molar-refractivity contribution >= 4 is 43.0 Å². The standard InChI is InChI=1S/C18H19BrN4O5S/c1-13(14-2-4-15(19)5-3-14)20-21-17-7-6-16(23(24)25)12-18(17)29(26,27)22-8-10-28-11-9-22/h2-7,12,21H,8-11H2,1H3. The molecule has 2 aromatic carbocycles. The molecule has 0 bridgehead atoms. The van der Waals surface area contributed by atoms with Gasteiger partial charge in [-0.1, -0.05) is 28.1 Å². The van der Waals surface area contributed by atoms with Gasteiger partial charge in [-0.15, -0.1) is 0 Å². The van der Waals surface area contributed by atoms with Gasteiger partial charge in [-0.25, -0.2) is 8.42 Å². The van der Waals surface area contributed by atoms with Gasteiger partial charge < -0.3 is 4.74 Å². The van der Waals surface area contributed by atoms with Crippen molar-refractivity contribution in [1.29, 1.82) is 0 Å². The Hall–Kier alpha value is -2.34. The van der Waals surface area contributed by atoms with Gasteiger partial charge in [0.2, 0.25) is 10.0 Å². The summed E-state index contributed by atoms with van der Waals surface area (Å²) >= 11 is 3.37. The summed E-state index contributed by atoms with van der Waals surface area (Å²) in [7, 11) is -3.96. The molecule has 1 aliphatic rings. The Balaban J connectivity index is 1.96. The van der Waals surface area contributed by atoms with Gasteiger partial charge in [0.05, 0.1) is 29.5 Å². The lowest BCUT2D eigenvalue weighted by Gasteiger charge is -2.26. The molecule has 1 fully saturated rings. The molecule has 0 radical (unpaired) electrons. The average molecular weight is 483 g/mol. The Labute approximate surface area is 176 Å². The summed E-state index contributed by atoms with van der Waals surface area (Å²) < 4.78 is 33.6. The summed E-state index contributed by atoms with van der Waals surface area (Å²) in [5.41, 5.74) is 4.09. The van der Waals surface area contributed by atoms with E-state index in [9.17, 15) is 18.5 Å². The Kier molecular flexibility index (Phi) is 6.63. The second-order valence-corrected chi connectivity index (χ2v) is 9.09. The van der Waals surface area contributed by atoms with Crippen LogP contribution >= 0.6 is 15.9 Å². The summed E-state index contributed by atoms with van der Waals surface area (Å²) in [6.07, 6.45) is 0. The van der Waals surface area contributed by atoms with Gasteiger partial charge in [0.25, 0.3) is 5.69 Å². The molecule has 1 heterocycles. The fourth-order valence-corrected chi connectivity index (χ4v) is 4.59. The maximum Gasteiger partial charge on any atom is 0.270 e. The third kappa shape index (κ3) is 4.99. The number of nitro benzene ring substituents is 1. The highest BCUT2D eigenvalue weighted by molar-refractivity contribution is 9.10. The quantitative estimate of drug-likeness (QED) is 0.384. The first-order valence-electron chi connectivity index (χ1n) is 8.71. The smallest absolute Gasteiger partial charge is 0.270 e. The average Bonchev–Trinajstić information content (AvgIpc) is 2.73. The van der Waals surface area contributed by atoms with Gasteiger partial charge in [-0.3, -0.25) is 15.5 Å². The zero-order chi connectivity index (χ0) is 21.0. The van der Waals surface area contributed by atoms with E-state index in [1.165, 1.54) is 16.4 Å². The number of anilines is 1. The number of nitrogens with zero attached hydrogens (tertiary/aromatic N) is 3. The monoisotopic (exact) mass is 482 g/mol. The minimum atomic E-state index is -3.96. The number of hydrazone groups is 1. The Morgan fingerprint density at radius 2 is 1.86 bits per heavy atom. The number of rotatable bonds is 6. The first-order chi connectivity index (χ1) is 13.8. The van der Waals surface area contributed by atoms with E-state index in [0.29, 0.717) is 5.71 Å². The molecular weight excluding hydrogens is 464 g/mol. The molecule has 0 aromatic heterocycles. The number of nitrogens with one attached hydrogen (secondary N) is 1. The summed E-state index contributed by atoms with van der Waals surface area (Å²) in [6.45, 7) is 2.70. The van der Waals surface area contributed by atoms with Crippen LogP contribution < -0.4 is 5.43 Å². The lowest BCUT2D eigenvalue weighted by atomic mass is 10.1. The van der Waals surface area contributed by atoms with Crippen LogP contribution in [0.1, 0.15) is 12.5 Å². The third-order valence-electron chi connectivity index (χ3n) is 4.37. The van der Waals surface area contributed by atoms with Gasteiger partial charge in [-0.05, 0) is 30.7 Å². The number of morpholine rings is 1. The highest BCUT2D eigenvalue weighted by atomic mass is 79.9. The summed E-state index contributed by atoms with van der Waals surface area (Å²) in [5, 5.41) is 15.4. The number of hydrogen-bond donors (Lipinski definition) is 1. The number of nitro groups is 1. The molecule has 0 atom stereocenters. The summed E-state index contributed by atoms with van der Waals surface area (Å²) in [5.74, 6) is 0. The lowest BCUT2D eigenvalue weighted by molar-refractivity contribution is -0.385. The van der Waals surface area contributed by atoms with Crippen molar-refractivity contribution in [3.05, 3.63) is 62.6 Å². The van der Waals surface area contributed by atoms with Crippen molar-refractivity contribution in [2.45, 2.75) is 11.8 Å². The molecule has 0 aliphatic carbocycles. The van der Waals surface area contributed by atoms with Crippen LogP contribution in [-0.2, 0) is 14.8 Å². The van der Waals surface area contributed by atoms with Crippen LogP contribution in [0.2, 0.25) is 0 Å². The van der Waals surface area contributed by atoms with Gasteiger partial charge in [0.1, 0.15) is 4.90 Å². The molecule has 0 unspecified atom stereocenters. The van der Waals surface area contributed by atoms with Crippen LogP contribution in [0.4, 0.5) is 11.4 Å². The molecule has 11 heteroatoms. The van der Waals surface area contributed by atoms with Crippen LogP contribution in [0.3, 0.4) is 0 Å². The number of non-ortho nitro benzene ring substituents is 1. The molecule has 154 valence electrons. The van der Waals surface area contributed by atoms with E-state index in [2.05, 4.69) is 26.5 Å². The SMILES string of the molecule is CC(=NNc1ccc([N+](=O)[O-])cc1S(=O)(=O)N1CCOCC1)c1ccc(Br)cc1. The minimum Gasteiger partial charge on any atom is -0.379 e. The van der Waals surface area contributed by atoms with E-state index in [1.807, 2.05) is 24.3 Å². The predicted octanol–water partition coefficient (Wildman–Crippen LogP) is 3.21. The molecule has 3 rings (SSSR count). The van der Waals surface area contributed by atoms with Crippen LogP contribution in [0.25, 0.3) is 0 Å². The first-order valence-corrected chi connectivity index (χ1v) is 10.9. The number of hydrogen-bond acceptors (Lipinski definition) is 7. The molecule has 29 heavy (non-hydrogen) atoms. The number of benzene rings is 2. The van der Waals surface area contributed by atoms with Crippen molar-refractivity contribution in [3.8, 4) is 0 Å². The molecule has 9 nitrogen and oxygen atoms in total. The largest absolute Gasteiger partial charge is 0.379 e.